The van der Waals surface area contributed by atoms with Crippen molar-refractivity contribution in [2.45, 2.75) is 38.7 Å². The first-order valence-corrected chi connectivity index (χ1v) is 9.41. The molecule has 0 amide bonds. The molecule has 9 heteroatoms. The number of hydrogen-bond acceptors (Lipinski definition) is 9. The van der Waals surface area contributed by atoms with Gasteiger partial charge in [0.2, 0.25) is 0 Å². The number of esters is 4. The highest BCUT2D eigenvalue weighted by Crippen LogP contribution is 2.15. The van der Waals surface area contributed by atoms with Gasteiger partial charge in [0, 0.05) is 11.8 Å². The van der Waals surface area contributed by atoms with E-state index in [1.54, 1.807) is 25.6 Å². The molecular formula is C17H26O8S. The average molecular weight is 390 g/mol. The minimum Gasteiger partial charge on any atom is -0.465 e. The Morgan fingerprint density at radius 2 is 1.42 bits per heavy atom. The predicted molar refractivity (Wildman–Crippen MR) is 95.5 cm³/mol. The molecule has 0 bridgehead atoms. The van der Waals surface area contributed by atoms with E-state index in [4.69, 9.17) is 14.2 Å². The van der Waals surface area contributed by atoms with E-state index in [2.05, 4.69) is 11.3 Å². The number of carbonyl (C=O) groups is 4. The molecule has 0 unspecified atom stereocenters. The van der Waals surface area contributed by atoms with Crippen molar-refractivity contribution in [3.63, 3.8) is 0 Å². The third-order valence-corrected chi connectivity index (χ3v) is 3.73. The summed E-state index contributed by atoms with van der Waals surface area (Å²) >= 11 is 1.56. The second-order valence-electron chi connectivity index (χ2n) is 5.73. The first-order chi connectivity index (χ1) is 12.2. The van der Waals surface area contributed by atoms with E-state index in [0.717, 1.165) is 6.08 Å². The van der Waals surface area contributed by atoms with Crippen molar-refractivity contribution < 1.29 is 38.1 Å². The van der Waals surface area contributed by atoms with Crippen LogP contribution in [0, 0.1) is 0 Å². The molecule has 0 aliphatic rings. The molecule has 0 heterocycles. The third kappa shape index (κ3) is 13.3. The molecule has 0 atom stereocenters. The van der Waals surface area contributed by atoms with Crippen LogP contribution in [0.1, 0.15) is 33.1 Å². The van der Waals surface area contributed by atoms with E-state index in [1.165, 1.54) is 0 Å². The van der Waals surface area contributed by atoms with Gasteiger partial charge in [0.1, 0.15) is 25.4 Å². The summed E-state index contributed by atoms with van der Waals surface area (Å²) in [6.45, 7) is 6.52. The fourth-order valence-corrected chi connectivity index (χ4v) is 2.44. The summed E-state index contributed by atoms with van der Waals surface area (Å²) in [6.07, 6.45) is 2.52. The van der Waals surface area contributed by atoms with Crippen LogP contribution in [-0.2, 0) is 38.1 Å². The molecule has 0 aromatic rings. The van der Waals surface area contributed by atoms with Gasteiger partial charge < -0.3 is 18.9 Å². The van der Waals surface area contributed by atoms with E-state index in [9.17, 15) is 19.2 Å². The number of carbonyl (C=O) groups excluding carboxylic acids is 4. The van der Waals surface area contributed by atoms with Gasteiger partial charge in [-0.05, 0) is 20.1 Å². The van der Waals surface area contributed by atoms with Crippen molar-refractivity contribution in [1.29, 1.82) is 0 Å². The maximum atomic E-state index is 11.7. The maximum Gasteiger partial charge on any atom is 0.330 e. The van der Waals surface area contributed by atoms with Crippen molar-refractivity contribution in [3.8, 4) is 0 Å². The molecule has 26 heavy (non-hydrogen) atoms. The molecule has 148 valence electrons. The lowest BCUT2D eigenvalue weighted by atomic mass is 10.2. The summed E-state index contributed by atoms with van der Waals surface area (Å²) in [5.74, 6) is -1.63. The van der Waals surface area contributed by atoms with Crippen LogP contribution in [0.5, 0.6) is 0 Å². The molecule has 8 nitrogen and oxygen atoms in total. The Hall–Kier alpha value is -2.03. The lowest BCUT2D eigenvalue weighted by Crippen LogP contribution is -2.31. The molecule has 0 saturated carbocycles. The monoisotopic (exact) mass is 390 g/mol. The lowest BCUT2D eigenvalue weighted by molar-refractivity contribution is -0.158. The highest BCUT2D eigenvalue weighted by atomic mass is 32.2. The van der Waals surface area contributed by atoms with Crippen molar-refractivity contribution in [1.82, 2.24) is 0 Å². The molecule has 0 fully saturated rings. The van der Waals surface area contributed by atoms with Crippen LogP contribution < -0.4 is 0 Å². The first-order valence-electron chi connectivity index (χ1n) is 8.01. The van der Waals surface area contributed by atoms with Crippen molar-refractivity contribution in [2.24, 2.45) is 0 Å². The molecule has 0 aromatic carbocycles. The zero-order valence-electron chi connectivity index (χ0n) is 15.4. The number of thioether (sulfide) groups is 1. The quantitative estimate of drug-likeness (QED) is 0.201. The second kappa shape index (κ2) is 13.2. The van der Waals surface area contributed by atoms with Crippen molar-refractivity contribution in [3.05, 3.63) is 12.7 Å². The SMILES string of the molecule is C=CC(=O)OCCOC(=O)CCC(=O)OCCC(=O)OC(C)(C)CSC. The first kappa shape index (κ1) is 24.0. The molecule has 0 aliphatic carbocycles. The van der Waals surface area contributed by atoms with E-state index < -0.39 is 29.5 Å². The minimum atomic E-state index is -0.616. The highest BCUT2D eigenvalue weighted by molar-refractivity contribution is 7.98. The molecule has 0 rings (SSSR count). The molecule has 0 aromatic heterocycles. The minimum absolute atomic E-state index is 0.0529. The van der Waals surface area contributed by atoms with Crippen molar-refractivity contribution in [2.75, 3.05) is 31.8 Å². The molecule has 0 spiro atoms. The molecule has 0 saturated heterocycles. The Bertz CT molecular complexity index is 501. The summed E-state index contributed by atoms with van der Waals surface area (Å²) in [5.41, 5.74) is -0.579. The second-order valence-corrected chi connectivity index (χ2v) is 6.60. The van der Waals surface area contributed by atoms with Gasteiger partial charge in [-0.3, -0.25) is 14.4 Å². The van der Waals surface area contributed by atoms with Gasteiger partial charge in [-0.15, -0.1) is 0 Å². The van der Waals surface area contributed by atoms with E-state index in [-0.39, 0.29) is 39.1 Å². The summed E-state index contributed by atoms with van der Waals surface area (Å²) in [6, 6.07) is 0. The Morgan fingerprint density at radius 3 is 1.96 bits per heavy atom. The number of hydrogen-bond donors (Lipinski definition) is 0. The Labute approximate surface area is 157 Å². The van der Waals surface area contributed by atoms with Gasteiger partial charge in [-0.2, -0.15) is 11.8 Å². The van der Waals surface area contributed by atoms with Gasteiger partial charge in [-0.1, -0.05) is 6.58 Å². The highest BCUT2D eigenvalue weighted by Gasteiger charge is 2.22. The summed E-state index contributed by atoms with van der Waals surface area (Å²) < 4.78 is 19.5. The van der Waals surface area contributed by atoms with Crippen LogP contribution >= 0.6 is 11.8 Å². The van der Waals surface area contributed by atoms with Crippen LogP contribution in [0.25, 0.3) is 0 Å². The number of ether oxygens (including phenoxy) is 4. The predicted octanol–water partition coefficient (Wildman–Crippen LogP) is 1.66. The number of rotatable bonds is 13. The Balaban J connectivity index is 3.79. The Morgan fingerprint density at radius 1 is 0.885 bits per heavy atom. The summed E-state index contributed by atoms with van der Waals surface area (Å²) in [5, 5.41) is 0. The van der Waals surface area contributed by atoms with Crippen LogP contribution in [-0.4, -0.2) is 61.3 Å². The largest absolute Gasteiger partial charge is 0.465 e. The van der Waals surface area contributed by atoms with Crippen LogP contribution in [0.15, 0.2) is 12.7 Å². The fourth-order valence-electron chi connectivity index (χ4n) is 1.69. The maximum absolute atomic E-state index is 11.7. The Kier molecular flexibility index (Phi) is 12.2. The van der Waals surface area contributed by atoms with Crippen LogP contribution in [0.2, 0.25) is 0 Å². The molecule has 0 radical (unpaired) electrons. The van der Waals surface area contributed by atoms with Crippen LogP contribution in [0.3, 0.4) is 0 Å². The van der Waals surface area contributed by atoms with Gasteiger partial charge in [-0.25, -0.2) is 4.79 Å². The molecular weight excluding hydrogens is 364 g/mol. The topological polar surface area (TPSA) is 105 Å². The molecule has 0 aliphatic heterocycles. The van der Waals surface area contributed by atoms with E-state index >= 15 is 0 Å². The standard InChI is InChI=1S/C17H26O8S/c1-5-13(18)23-10-11-24-15(20)7-6-14(19)22-9-8-16(21)25-17(2,3)12-26-4/h5H,1,6-12H2,2-4H3. The van der Waals surface area contributed by atoms with Gasteiger partial charge in [0.25, 0.3) is 0 Å². The summed E-state index contributed by atoms with van der Waals surface area (Å²) in [4.78, 5) is 45.3. The summed E-state index contributed by atoms with van der Waals surface area (Å²) in [7, 11) is 0. The van der Waals surface area contributed by atoms with E-state index in [0.29, 0.717) is 5.75 Å². The third-order valence-electron chi connectivity index (χ3n) is 2.74. The van der Waals surface area contributed by atoms with Crippen LogP contribution in [0.4, 0.5) is 0 Å². The van der Waals surface area contributed by atoms with Gasteiger partial charge >= 0.3 is 23.9 Å². The van der Waals surface area contributed by atoms with Crippen molar-refractivity contribution >= 4 is 35.6 Å². The van der Waals surface area contributed by atoms with E-state index in [1.807, 2.05) is 6.26 Å². The zero-order chi connectivity index (χ0) is 20.0. The lowest BCUT2D eigenvalue weighted by Gasteiger charge is -2.24. The normalized spacial score (nSPS) is 10.6. The molecule has 0 N–H and O–H groups in total. The average Bonchev–Trinajstić information content (AvgIpc) is 2.55. The van der Waals surface area contributed by atoms with Gasteiger partial charge in [0.15, 0.2) is 0 Å². The fraction of sp³-hybridized carbons (Fsp3) is 0.647. The smallest absolute Gasteiger partial charge is 0.330 e. The zero-order valence-corrected chi connectivity index (χ0v) is 16.2. The van der Waals surface area contributed by atoms with Gasteiger partial charge in [0.05, 0.1) is 19.3 Å².